The van der Waals surface area contributed by atoms with Gasteiger partial charge in [0.2, 0.25) is 0 Å². The highest BCUT2D eigenvalue weighted by Crippen LogP contribution is 2.23. The van der Waals surface area contributed by atoms with Crippen molar-refractivity contribution in [1.29, 1.82) is 0 Å². The second-order valence-electron chi connectivity index (χ2n) is 6.62. The van der Waals surface area contributed by atoms with E-state index in [0.717, 1.165) is 21.8 Å². The van der Waals surface area contributed by atoms with E-state index in [-0.39, 0.29) is 5.56 Å². The molecule has 0 unspecified atom stereocenters. The van der Waals surface area contributed by atoms with E-state index in [2.05, 4.69) is 28.8 Å². The van der Waals surface area contributed by atoms with Gasteiger partial charge in [0.1, 0.15) is 5.82 Å². The number of rotatable bonds is 4. The van der Waals surface area contributed by atoms with Crippen LogP contribution >= 0.6 is 11.3 Å². The highest BCUT2D eigenvalue weighted by atomic mass is 32.1. The molecule has 0 amide bonds. The lowest BCUT2D eigenvalue weighted by atomic mass is 10.0. The van der Waals surface area contributed by atoms with Crippen LogP contribution in [0.25, 0.3) is 22.0 Å². The molecule has 2 aromatic heterocycles. The molecule has 4 aromatic rings. The summed E-state index contributed by atoms with van der Waals surface area (Å²) in [5.41, 5.74) is 3.65. The molecule has 0 fully saturated rings. The molecule has 0 aliphatic heterocycles. The Balaban J connectivity index is 1.69. The number of fused-ring (bicyclic) bond motifs is 1. The normalized spacial score (nSPS) is 11.3. The Labute approximate surface area is 155 Å². The average molecular weight is 361 g/mol. The molecular formula is C21H19N3OS. The smallest absolute Gasteiger partial charge is 0.258 e. The van der Waals surface area contributed by atoms with Crippen molar-refractivity contribution in [3.05, 3.63) is 80.8 Å². The van der Waals surface area contributed by atoms with Gasteiger partial charge in [0, 0.05) is 17.7 Å². The van der Waals surface area contributed by atoms with Crippen molar-refractivity contribution < 1.29 is 0 Å². The van der Waals surface area contributed by atoms with Gasteiger partial charge in [0.15, 0.2) is 0 Å². The predicted molar refractivity (Wildman–Crippen MR) is 107 cm³/mol. The van der Waals surface area contributed by atoms with Gasteiger partial charge in [-0.3, -0.25) is 4.79 Å². The van der Waals surface area contributed by atoms with Crippen LogP contribution in [0.4, 0.5) is 0 Å². The first-order chi connectivity index (χ1) is 12.6. The van der Waals surface area contributed by atoms with Gasteiger partial charge in [-0.25, -0.2) is 9.97 Å². The van der Waals surface area contributed by atoms with Crippen LogP contribution in [-0.4, -0.2) is 15.0 Å². The van der Waals surface area contributed by atoms with Crippen molar-refractivity contribution in [3.63, 3.8) is 0 Å². The lowest BCUT2D eigenvalue weighted by molar-refractivity contribution is 0.836. The van der Waals surface area contributed by atoms with Crippen LogP contribution in [-0.2, 0) is 6.42 Å². The van der Waals surface area contributed by atoms with Gasteiger partial charge < -0.3 is 4.98 Å². The summed E-state index contributed by atoms with van der Waals surface area (Å²) in [4.78, 5) is 24.7. The van der Waals surface area contributed by atoms with E-state index in [4.69, 9.17) is 0 Å². The van der Waals surface area contributed by atoms with Crippen molar-refractivity contribution in [2.45, 2.75) is 26.2 Å². The maximum absolute atomic E-state index is 12.6. The van der Waals surface area contributed by atoms with E-state index in [1.807, 2.05) is 53.9 Å². The van der Waals surface area contributed by atoms with Crippen molar-refractivity contribution in [2.24, 2.45) is 0 Å². The summed E-state index contributed by atoms with van der Waals surface area (Å²) in [5.74, 6) is 1.06. The van der Waals surface area contributed by atoms with E-state index in [1.165, 1.54) is 0 Å². The molecule has 0 saturated carbocycles. The van der Waals surface area contributed by atoms with Gasteiger partial charge in [-0.2, -0.15) is 0 Å². The molecule has 0 spiro atoms. The molecule has 0 bridgehead atoms. The van der Waals surface area contributed by atoms with E-state index >= 15 is 0 Å². The van der Waals surface area contributed by atoms with E-state index in [9.17, 15) is 4.79 Å². The Morgan fingerprint density at radius 1 is 1.04 bits per heavy atom. The molecule has 0 atom stereocenters. The lowest BCUT2D eigenvalue weighted by Crippen LogP contribution is -2.12. The van der Waals surface area contributed by atoms with Crippen LogP contribution < -0.4 is 5.56 Å². The fraction of sp³-hybridized carbons (Fsp3) is 0.190. The third kappa shape index (κ3) is 3.30. The molecule has 1 N–H and O–H groups in total. The van der Waals surface area contributed by atoms with Crippen LogP contribution in [0, 0.1) is 0 Å². The fourth-order valence-electron chi connectivity index (χ4n) is 2.92. The summed E-state index contributed by atoms with van der Waals surface area (Å²) in [6.45, 7) is 4.26. The minimum atomic E-state index is -0.109. The van der Waals surface area contributed by atoms with Gasteiger partial charge in [0.25, 0.3) is 5.56 Å². The Morgan fingerprint density at radius 2 is 1.85 bits per heavy atom. The second-order valence-corrected chi connectivity index (χ2v) is 7.51. The summed E-state index contributed by atoms with van der Waals surface area (Å²) in [6.07, 6.45) is 0.537. The number of aromatic amines is 1. The van der Waals surface area contributed by atoms with Crippen LogP contribution in [0.5, 0.6) is 0 Å². The minimum Gasteiger partial charge on any atom is -0.310 e. The standard InChI is InChI=1S/C21H19N3OS/c1-13(2)21-22-16(12-26-21)11-19-23-18-9-8-15(10-17(18)20(25)24-19)14-6-4-3-5-7-14/h3-10,12-13H,11H2,1-2H3,(H,23,24,25). The molecule has 0 saturated heterocycles. The third-order valence-electron chi connectivity index (χ3n) is 4.27. The van der Waals surface area contributed by atoms with Crippen molar-refractivity contribution in [1.82, 2.24) is 15.0 Å². The first-order valence-electron chi connectivity index (χ1n) is 8.63. The molecule has 4 nitrogen and oxygen atoms in total. The Hall–Kier alpha value is -2.79. The minimum absolute atomic E-state index is 0.109. The van der Waals surface area contributed by atoms with Crippen molar-refractivity contribution >= 4 is 22.2 Å². The number of H-pyrrole nitrogens is 1. The quantitative estimate of drug-likeness (QED) is 0.570. The van der Waals surface area contributed by atoms with Gasteiger partial charge in [-0.05, 0) is 23.3 Å². The van der Waals surface area contributed by atoms with Crippen molar-refractivity contribution in [2.75, 3.05) is 0 Å². The molecule has 2 heterocycles. The molecule has 26 heavy (non-hydrogen) atoms. The van der Waals surface area contributed by atoms with Gasteiger partial charge in [-0.15, -0.1) is 11.3 Å². The molecular weight excluding hydrogens is 342 g/mol. The first kappa shape index (κ1) is 16.7. The molecule has 0 aliphatic carbocycles. The maximum atomic E-state index is 12.6. The fourth-order valence-corrected chi connectivity index (χ4v) is 3.76. The zero-order chi connectivity index (χ0) is 18.1. The van der Waals surface area contributed by atoms with E-state index < -0.39 is 0 Å². The number of hydrogen-bond acceptors (Lipinski definition) is 4. The zero-order valence-corrected chi connectivity index (χ0v) is 15.5. The largest absolute Gasteiger partial charge is 0.310 e. The number of aromatic nitrogens is 3. The van der Waals surface area contributed by atoms with Crippen molar-refractivity contribution in [3.8, 4) is 11.1 Å². The summed E-state index contributed by atoms with van der Waals surface area (Å²) in [5, 5.41) is 3.75. The number of nitrogens with one attached hydrogen (secondary N) is 1. The SMILES string of the molecule is CC(C)c1nc(Cc2nc3ccc(-c4ccccc4)cc3c(=O)[nH]2)cs1. The van der Waals surface area contributed by atoms with Gasteiger partial charge >= 0.3 is 0 Å². The summed E-state index contributed by atoms with van der Waals surface area (Å²) in [7, 11) is 0. The topological polar surface area (TPSA) is 58.6 Å². The average Bonchev–Trinajstić information content (AvgIpc) is 3.11. The van der Waals surface area contributed by atoms with Crippen LogP contribution in [0.15, 0.2) is 58.7 Å². The number of thiazole rings is 1. The summed E-state index contributed by atoms with van der Waals surface area (Å²) < 4.78 is 0. The lowest BCUT2D eigenvalue weighted by Gasteiger charge is -2.05. The molecule has 2 aromatic carbocycles. The summed E-state index contributed by atoms with van der Waals surface area (Å²) >= 11 is 1.65. The van der Waals surface area contributed by atoms with Crippen LogP contribution in [0.1, 0.15) is 36.3 Å². The molecule has 0 aliphatic rings. The number of nitrogens with zero attached hydrogens (tertiary/aromatic N) is 2. The molecule has 5 heteroatoms. The third-order valence-corrected chi connectivity index (χ3v) is 5.47. The van der Waals surface area contributed by atoms with Gasteiger partial charge in [0.05, 0.1) is 21.6 Å². The monoisotopic (exact) mass is 361 g/mol. The predicted octanol–water partition coefficient (Wildman–Crippen LogP) is 4.76. The number of hydrogen-bond donors (Lipinski definition) is 1. The maximum Gasteiger partial charge on any atom is 0.258 e. The van der Waals surface area contributed by atoms with E-state index in [0.29, 0.717) is 29.1 Å². The van der Waals surface area contributed by atoms with Gasteiger partial charge in [-0.1, -0.05) is 50.2 Å². The molecule has 130 valence electrons. The van der Waals surface area contributed by atoms with Crippen LogP contribution in [0.2, 0.25) is 0 Å². The first-order valence-corrected chi connectivity index (χ1v) is 9.51. The Bertz CT molecular complexity index is 1110. The second kappa shape index (κ2) is 6.84. The zero-order valence-electron chi connectivity index (χ0n) is 14.7. The Morgan fingerprint density at radius 3 is 2.58 bits per heavy atom. The van der Waals surface area contributed by atoms with E-state index in [1.54, 1.807) is 11.3 Å². The summed E-state index contributed by atoms with van der Waals surface area (Å²) in [6, 6.07) is 15.9. The highest BCUT2D eigenvalue weighted by Gasteiger charge is 2.10. The molecule has 0 radical (unpaired) electrons. The Kier molecular flexibility index (Phi) is 4.39. The molecule has 4 rings (SSSR count). The highest BCUT2D eigenvalue weighted by molar-refractivity contribution is 7.09. The number of benzene rings is 2. The van der Waals surface area contributed by atoms with Crippen LogP contribution in [0.3, 0.4) is 0 Å².